The number of anilines is 1. The molecule has 9 nitrogen and oxygen atoms in total. The molecule has 9 heteroatoms. The number of furan rings is 1. The Hall–Kier alpha value is -4.66. The van der Waals surface area contributed by atoms with E-state index in [4.69, 9.17) is 13.9 Å². The molecule has 2 N–H and O–H groups in total. The number of hydrogen-bond acceptors (Lipinski definition) is 7. The molecule has 2 heterocycles. The van der Waals surface area contributed by atoms with Crippen molar-refractivity contribution in [2.75, 3.05) is 19.0 Å². The van der Waals surface area contributed by atoms with Crippen LogP contribution in [0.3, 0.4) is 0 Å². The molecule has 4 rings (SSSR count). The number of amides is 1. The summed E-state index contributed by atoms with van der Waals surface area (Å²) in [5, 5.41) is 9.49. The minimum absolute atomic E-state index is 0.0273. The van der Waals surface area contributed by atoms with Crippen LogP contribution >= 0.6 is 0 Å². The zero-order valence-corrected chi connectivity index (χ0v) is 19.4. The van der Waals surface area contributed by atoms with Crippen LogP contribution in [0.2, 0.25) is 0 Å². The van der Waals surface area contributed by atoms with Gasteiger partial charge < -0.3 is 13.9 Å². The normalized spacial score (nSPS) is 11.3. The number of carbonyl (C=O) groups is 2. The Bertz CT molecular complexity index is 1480. The lowest BCUT2D eigenvalue weighted by molar-refractivity contribution is -0.141. The number of carbonyl (C=O) groups excluding carboxylic acids is 2. The molecule has 35 heavy (non-hydrogen) atoms. The molecule has 0 aliphatic carbocycles. The van der Waals surface area contributed by atoms with Crippen molar-refractivity contribution in [3.8, 4) is 5.75 Å². The summed E-state index contributed by atoms with van der Waals surface area (Å²) >= 11 is 0. The van der Waals surface area contributed by atoms with E-state index in [1.807, 2.05) is 12.1 Å². The number of aryl methyl sites for hydroxylation is 2. The van der Waals surface area contributed by atoms with Gasteiger partial charge in [-0.1, -0.05) is 42.5 Å². The number of benzene rings is 2. The van der Waals surface area contributed by atoms with Gasteiger partial charge in [-0.3, -0.25) is 14.9 Å². The fourth-order valence-electron chi connectivity index (χ4n) is 3.68. The summed E-state index contributed by atoms with van der Waals surface area (Å²) in [5.74, 6) is -0.291. The minimum atomic E-state index is -0.687. The highest BCUT2D eigenvalue weighted by atomic mass is 16.5. The fraction of sp³-hybridized carbons (Fsp3) is 0.154. The second kappa shape index (κ2) is 10.1. The highest BCUT2D eigenvalue weighted by Crippen LogP contribution is 2.28. The lowest BCUT2D eigenvalue weighted by Crippen LogP contribution is -2.22. The lowest BCUT2D eigenvalue weighted by atomic mass is 10.0. The Labute approximate surface area is 200 Å². The molecule has 0 radical (unpaired) electrons. The number of ether oxygens (including phenoxy) is 2. The van der Waals surface area contributed by atoms with Gasteiger partial charge in [0.25, 0.3) is 11.5 Å². The number of methoxy groups -OCH3 is 1. The number of fused-ring (bicyclic) bond motifs is 1. The zero-order valence-electron chi connectivity index (χ0n) is 19.4. The van der Waals surface area contributed by atoms with E-state index in [1.54, 1.807) is 69.5 Å². The molecule has 0 spiro atoms. The van der Waals surface area contributed by atoms with Crippen molar-refractivity contribution in [2.45, 2.75) is 13.8 Å². The summed E-state index contributed by atoms with van der Waals surface area (Å²) in [4.78, 5) is 37.8. The zero-order chi connectivity index (χ0) is 24.9. The molecular weight excluding hydrogens is 450 g/mol. The van der Waals surface area contributed by atoms with E-state index in [9.17, 15) is 14.4 Å². The van der Waals surface area contributed by atoms with Crippen LogP contribution in [0.5, 0.6) is 5.75 Å². The molecular formula is C26H23N3O6. The summed E-state index contributed by atoms with van der Waals surface area (Å²) in [5.41, 5.74) is 1.68. The Morgan fingerprint density at radius 3 is 2.60 bits per heavy atom. The van der Waals surface area contributed by atoms with Crippen LogP contribution in [0.4, 0.5) is 5.88 Å². The van der Waals surface area contributed by atoms with Gasteiger partial charge in [0.05, 0.1) is 23.8 Å². The topological polar surface area (TPSA) is 124 Å². The Morgan fingerprint density at radius 1 is 1.09 bits per heavy atom. The maximum Gasteiger partial charge on any atom is 0.339 e. The maximum atomic E-state index is 13.0. The van der Waals surface area contributed by atoms with Gasteiger partial charge >= 0.3 is 5.97 Å². The molecule has 0 atom stereocenters. The third-order valence-corrected chi connectivity index (χ3v) is 5.30. The predicted octanol–water partition coefficient (Wildman–Crippen LogP) is 3.86. The summed E-state index contributed by atoms with van der Waals surface area (Å²) < 4.78 is 16.1. The van der Waals surface area contributed by atoms with Crippen LogP contribution in [-0.4, -0.2) is 35.8 Å². The Morgan fingerprint density at radius 2 is 1.86 bits per heavy atom. The molecule has 178 valence electrons. The van der Waals surface area contributed by atoms with Crippen LogP contribution in [0.15, 0.2) is 63.8 Å². The molecule has 0 saturated heterocycles. The number of nitrogens with one attached hydrogen (secondary N) is 2. The number of nitrogens with zero attached hydrogens (tertiary/aromatic N) is 1. The lowest BCUT2D eigenvalue weighted by Gasteiger charge is -2.10. The molecule has 0 saturated carbocycles. The monoisotopic (exact) mass is 473 g/mol. The summed E-state index contributed by atoms with van der Waals surface area (Å²) in [6, 6.07) is 16.2. The van der Waals surface area contributed by atoms with Crippen molar-refractivity contribution in [3.05, 3.63) is 87.5 Å². The molecule has 2 aromatic heterocycles. The molecule has 0 unspecified atom stereocenters. The number of esters is 1. The van der Waals surface area contributed by atoms with E-state index in [0.29, 0.717) is 28.2 Å². The smallest absolute Gasteiger partial charge is 0.339 e. The van der Waals surface area contributed by atoms with Gasteiger partial charge in [0.2, 0.25) is 5.88 Å². The number of H-pyrrole nitrogens is 1. The average molecular weight is 473 g/mol. The first kappa shape index (κ1) is 23.5. The van der Waals surface area contributed by atoms with E-state index in [2.05, 4.69) is 15.5 Å². The maximum absolute atomic E-state index is 13.0. The van der Waals surface area contributed by atoms with Crippen molar-refractivity contribution in [1.82, 2.24) is 10.2 Å². The van der Waals surface area contributed by atoms with E-state index >= 15 is 0 Å². The highest BCUT2D eigenvalue weighted by molar-refractivity contribution is 6.22. The first-order chi connectivity index (χ1) is 16.9. The highest BCUT2D eigenvalue weighted by Gasteiger charge is 2.20. The summed E-state index contributed by atoms with van der Waals surface area (Å²) in [6.07, 6.45) is 1.66. The van der Waals surface area contributed by atoms with Crippen LogP contribution in [-0.2, 0) is 14.3 Å². The second-order valence-corrected chi connectivity index (χ2v) is 7.70. The van der Waals surface area contributed by atoms with E-state index in [1.165, 1.54) is 0 Å². The predicted molar refractivity (Wildman–Crippen MR) is 131 cm³/mol. The molecule has 0 fully saturated rings. The largest absolute Gasteiger partial charge is 0.497 e. The molecule has 0 bridgehead atoms. The summed E-state index contributed by atoms with van der Waals surface area (Å²) in [6.45, 7) is 2.81. The van der Waals surface area contributed by atoms with Crippen LogP contribution in [0.25, 0.3) is 22.4 Å². The van der Waals surface area contributed by atoms with Gasteiger partial charge in [0.1, 0.15) is 16.9 Å². The van der Waals surface area contributed by atoms with E-state index < -0.39 is 24.0 Å². The SMILES string of the molecule is COc1cccc(C=C(C(=O)OCC(=O)Nc2oc(C)c3c(C)n[nH]c(=O)c23)c2ccccc2)c1. The van der Waals surface area contributed by atoms with Gasteiger partial charge in [0.15, 0.2) is 6.61 Å². The number of rotatable bonds is 7. The third kappa shape index (κ3) is 5.14. The average Bonchev–Trinajstić information content (AvgIpc) is 3.20. The first-order valence-corrected chi connectivity index (χ1v) is 10.7. The Kier molecular flexibility index (Phi) is 6.77. The van der Waals surface area contributed by atoms with Crippen LogP contribution in [0.1, 0.15) is 22.6 Å². The first-order valence-electron chi connectivity index (χ1n) is 10.7. The standard InChI is InChI=1S/C26H23N3O6/c1-15-22-16(2)35-25(23(22)24(31)29-28-15)27-21(30)14-34-26(32)20(18-9-5-4-6-10-18)13-17-8-7-11-19(12-17)33-3/h4-13H,14H2,1-3H3,(H,27,30)(H,29,31). The van der Waals surface area contributed by atoms with E-state index in [0.717, 1.165) is 5.56 Å². The molecule has 4 aromatic rings. The van der Waals surface area contributed by atoms with Crippen molar-refractivity contribution in [2.24, 2.45) is 0 Å². The van der Waals surface area contributed by atoms with E-state index in [-0.39, 0.29) is 16.8 Å². The van der Waals surface area contributed by atoms with Gasteiger partial charge in [-0.2, -0.15) is 5.10 Å². The van der Waals surface area contributed by atoms with Crippen LogP contribution < -0.4 is 15.6 Å². The number of hydrogen-bond donors (Lipinski definition) is 2. The summed E-state index contributed by atoms with van der Waals surface area (Å²) in [7, 11) is 1.56. The molecule has 0 aliphatic heterocycles. The van der Waals surface area contributed by atoms with Gasteiger partial charge in [0, 0.05) is 0 Å². The van der Waals surface area contributed by atoms with Crippen LogP contribution in [0, 0.1) is 13.8 Å². The van der Waals surface area contributed by atoms with Gasteiger partial charge in [-0.25, -0.2) is 9.89 Å². The fourth-order valence-corrected chi connectivity index (χ4v) is 3.68. The van der Waals surface area contributed by atoms with Crippen molar-refractivity contribution in [3.63, 3.8) is 0 Å². The van der Waals surface area contributed by atoms with Gasteiger partial charge in [-0.05, 0) is 43.2 Å². The van der Waals surface area contributed by atoms with Crippen molar-refractivity contribution < 1.29 is 23.5 Å². The minimum Gasteiger partial charge on any atom is -0.497 e. The van der Waals surface area contributed by atoms with Crippen molar-refractivity contribution >= 4 is 40.2 Å². The van der Waals surface area contributed by atoms with Gasteiger partial charge in [-0.15, -0.1) is 0 Å². The third-order valence-electron chi connectivity index (χ3n) is 5.30. The molecule has 2 aromatic carbocycles. The molecule has 1 amide bonds. The number of aromatic amines is 1. The number of aromatic nitrogens is 2. The van der Waals surface area contributed by atoms with Crippen molar-refractivity contribution in [1.29, 1.82) is 0 Å². The Balaban J connectivity index is 1.54. The quantitative estimate of drug-likeness (QED) is 0.237. The molecule has 0 aliphatic rings. The second-order valence-electron chi connectivity index (χ2n) is 7.70.